The van der Waals surface area contributed by atoms with Crippen molar-refractivity contribution in [3.63, 3.8) is 0 Å². The lowest BCUT2D eigenvalue weighted by atomic mass is 10.2. The van der Waals surface area contributed by atoms with Gasteiger partial charge in [-0.3, -0.25) is 0 Å². The fourth-order valence-corrected chi connectivity index (χ4v) is 1.54. The fraction of sp³-hybridized carbons (Fsp3) is 0.600. The summed E-state index contributed by atoms with van der Waals surface area (Å²) in [6.07, 6.45) is 2.88. The molecule has 1 aromatic rings. The molecule has 1 aliphatic heterocycles. The second kappa shape index (κ2) is 4.02. The van der Waals surface area contributed by atoms with E-state index in [1.54, 1.807) is 7.11 Å². The Kier molecular flexibility index (Phi) is 2.74. The third kappa shape index (κ3) is 1.91. The number of hydrogen-bond donors (Lipinski definition) is 1. The molecule has 4 heteroatoms. The van der Waals surface area contributed by atoms with E-state index in [1.807, 2.05) is 13.1 Å². The Morgan fingerprint density at radius 1 is 1.57 bits per heavy atom. The highest BCUT2D eigenvalue weighted by Crippen LogP contribution is 2.12. The summed E-state index contributed by atoms with van der Waals surface area (Å²) in [5, 5.41) is 3.25. The number of aromatic nitrogens is 2. The number of nitrogens with zero attached hydrogens (tertiary/aromatic N) is 2. The van der Waals surface area contributed by atoms with Gasteiger partial charge in [0.15, 0.2) is 0 Å². The summed E-state index contributed by atoms with van der Waals surface area (Å²) in [6, 6.07) is 0. The molecule has 1 aromatic heterocycles. The molecule has 4 nitrogen and oxygen atoms in total. The van der Waals surface area contributed by atoms with Crippen molar-refractivity contribution in [3.05, 3.63) is 23.3 Å². The van der Waals surface area contributed by atoms with Crippen molar-refractivity contribution in [1.29, 1.82) is 0 Å². The van der Waals surface area contributed by atoms with Crippen molar-refractivity contribution in [3.8, 4) is 0 Å². The minimum Gasteiger partial charge on any atom is -0.381 e. The van der Waals surface area contributed by atoms with Crippen LogP contribution in [0.1, 0.15) is 24.0 Å². The van der Waals surface area contributed by atoms with Crippen molar-refractivity contribution < 1.29 is 4.74 Å². The fourth-order valence-electron chi connectivity index (χ4n) is 1.54. The Balaban J connectivity index is 2.12. The van der Waals surface area contributed by atoms with E-state index in [0.29, 0.717) is 0 Å². The van der Waals surface area contributed by atoms with E-state index in [2.05, 4.69) is 15.3 Å². The van der Waals surface area contributed by atoms with Gasteiger partial charge >= 0.3 is 0 Å². The van der Waals surface area contributed by atoms with Gasteiger partial charge in [-0.15, -0.1) is 0 Å². The first kappa shape index (κ1) is 9.55. The molecule has 0 saturated carbocycles. The van der Waals surface area contributed by atoms with Crippen LogP contribution in [0.2, 0.25) is 0 Å². The number of ether oxygens (including phenoxy) is 1. The van der Waals surface area contributed by atoms with E-state index in [-0.39, 0.29) is 6.10 Å². The molecule has 1 aliphatic rings. The predicted octanol–water partition coefficient (Wildman–Crippen LogP) is 0.657. The van der Waals surface area contributed by atoms with Crippen LogP contribution in [0.15, 0.2) is 6.20 Å². The molecule has 2 heterocycles. The number of rotatable bonds is 3. The number of fused-ring (bicyclic) bond motifs is 1. The number of methoxy groups -OCH3 is 1. The predicted molar refractivity (Wildman–Crippen MR) is 52.8 cm³/mol. The summed E-state index contributed by atoms with van der Waals surface area (Å²) >= 11 is 0. The van der Waals surface area contributed by atoms with E-state index < -0.39 is 0 Å². The monoisotopic (exact) mass is 193 g/mol. The van der Waals surface area contributed by atoms with Crippen LogP contribution < -0.4 is 5.32 Å². The zero-order valence-corrected chi connectivity index (χ0v) is 8.58. The van der Waals surface area contributed by atoms with Gasteiger partial charge in [0, 0.05) is 38.4 Å². The molecule has 14 heavy (non-hydrogen) atoms. The highest BCUT2D eigenvalue weighted by atomic mass is 16.5. The summed E-state index contributed by atoms with van der Waals surface area (Å²) in [4.78, 5) is 8.79. The molecular weight excluding hydrogens is 178 g/mol. The van der Waals surface area contributed by atoms with Crippen LogP contribution in [-0.2, 0) is 24.2 Å². The van der Waals surface area contributed by atoms with Gasteiger partial charge < -0.3 is 10.1 Å². The highest BCUT2D eigenvalue weighted by molar-refractivity contribution is 5.21. The molecule has 0 radical (unpaired) electrons. The van der Waals surface area contributed by atoms with Crippen molar-refractivity contribution in [2.45, 2.75) is 32.5 Å². The molecular formula is C10H15N3O. The second-order valence-corrected chi connectivity index (χ2v) is 3.61. The first-order valence-corrected chi connectivity index (χ1v) is 4.87. The molecule has 0 bridgehead atoms. The van der Waals surface area contributed by atoms with Gasteiger partial charge in [0.2, 0.25) is 0 Å². The average Bonchev–Trinajstić information content (AvgIpc) is 2.64. The molecule has 0 fully saturated rings. The zero-order valence-electron chi connectivity index (χ0n) is 8.58. The van der Waals surface area contributed by atoms with E-state index in [0.717, 1.165) is 31.0 Å². The first-order chi connectivity index (χ1) is 6.79. The standard InChI is InChI=1S/C10H15N3O/c1-7(14-2)3-10-12-5-8-4-11-6-9(8)13-10/h5,7,11H,3-4,6H2,1-2H3. The Morgan fingerprint density at radius 2 is 2.43 bits per heavy atom. The Morgan fingerprint density at radius 3 is 3.21 bits per heavy atom. The Hall–Kier alpha value is -1.00. The summed E-state index contributed by atoms with van der Waals surface area (Å²) in [5.41, 5.74) is 2.36. The third-order valence-electron chi connectivity index (χ3n) is 2.48. The minimum absolute atomic E-state index is 0.183. The lowest BCUT2D eigenvalue weighted by molar-refractivity contribution is 0.117. The third-order valence-corrected chi connectivity index (χ3v) is 2.48. The van der Waals surface area contributed by atoms with E-state index >= 15 is 0 Å². The molecule has 0 aromatic carbocycles. The van der Waals surface area contributed by atoms with Crippen molar-refractivity contribution in [2.24, 2.45) is 0 Å². The van der Waals surface area contributed by atoms with Gasteiger partial charge in [0.05, 0.1) is 11.8 Å². The maximum atomic E-state index is 5.18. The summed E-state index contributed by atoms with van der Waals surface area (Å²) < 4.78 is 5.18. The number of nitrogens with one attached hydrogen (secondary N) is 1. The van der Waals surface area contributed by atoms with Crippen LogP contribution in [0.4, 0.5) is 0 Å². The molecule has 0 saturated heterocycles. The minimum atomic E-state index is 0.183. The molecule has 1 N–H and O–H groups in total. The quantitative estimate of drug-likeness (QED) is 0.766. The lowest BCUT2D eigenvalue weighted by Crippen LogP contribution is -2.12. The van der Waals surface area contributed by atoms with Crippen LogP contribution in [0.3, 0.4) is 0 Å². The lowest BCUT2D eigenvalue weighted by Gasteiger charge is -2.08. The van der Waals surface area contributed by atoms with Crippen LogP contribution in [0, 0.1) is 0 Å². The van der Waals surface area contributed by atoms with Gasteiger partial charge in [-0.2, -0.15) is 0 Å². The first-order valence-electron chi connectivity index (χ1n) is 4.87. The smallest absolute Gasteiger partial charge is 0.131 e. The van der Waals surface area contributed by atoms with Crippen molar-refractivity contribution in [2.75, 3.05) is 7.11 Å². The van der Waals surface area contributed by atoms with Gasteiger partial charge in [-0.1, -0.05) is 0 Å². The van der Waals surface area contributed by atoms with E-state index in [1.165, 1.54) is 5.56 Å². The van der Waals surface area contributed by atoms with E-state index in [4.69, 9.17) is 4.74 Å². The SMILES string of the molecule is COC(C)Cc1ncc2c(n1)CNC2. The van der Waals surface area contributed by atoms with Crippen LogP contribution >= 0.6 is 0 Å². The van der Waals surface area contributed by atoms with Gasteiger partial charge in [0.1, 0.15) is 5.82 Å². The second-order valence-electron chi connectivity index (χ2n) is 3.61. The Labute approximate surface area is 83.7 Å². The molecule has 0 spiro atoms. The van der Waals surface area contributed by atoms with Crippen molar-refractivity contribution >= 4 is 0 Å². The van der Waals surface area contributed by atoms with Gasteiger partial charge in [0.25, 0.3) is 0 Å². The summed E-state index contributed by atoms with van der Waals surface area (Å²) in [7, 11) is 1.71. The topological polar surface area (TPSA) is 47.0 Å². The van der Waals surface area contributed by atoms with Crippen LogP contribution in [0.5, 0.6) is 0 Å². The largest absolute Gasteiger partial charge is 0.381 e. The summed E-state index contributed by atoms with van der Waals surface area (Å²) in [6.45, 7) is 3.79. The Bertz CT molecular complexity index is 327. The molecule has 1 unspecified atom stereocenters. The van der Waals surface area contributed by atoms with Crippen LogP contribution in [-0.4, -0.2) is 23.2 Å². The maximum Gasteiger partial charge on any atom is 0.131 e. The normalized spacial score (nSPS) is 16.7. The van der Waals surface area contributed by atoms with Crippen molar-refractivity contribution in [1.82, 2.24) is 15.3 Å². The summed E-state index contributed by atoms with van der Waals surface area (Å²) in [5.74, 6) is 0.877. The number of hydrogen-bond acceptors (Lipinski definition) is 4. The van der Waals surface area contributed by atoms with E-state index in [9.17, 15) is 0 Å². The molecule has 2 rings (SSSR count). The van der Waals surface area contributed by atoms with Crippen LogP contribution in [0.25, 0.3) is 0 Å². The maximum absolute atomic E-state index is 5.18. The van der Waals surface area contributed by atoms with Gasteiger partial charge in [-0.05, 0) is 6.92 Å². The average molecular weight is 193 g/mol. The molecule has 1 atom stereocenters. The molecule has 0 amide bonds. The molecule has 76 valence electrons. The zero-order chi connectivity index (χ0) is 9.97. The van der Waals surface area contributed by atoms with Gasteiger partial charge in [-0.25, -0.2) is 9.97 Å². The highest BCUT2D eigenvalue weighted by Gasteiger charge is 2.13. The molecule has 0 aliphatic carbocycles.